The van der Waals surface area contributed by atoms with Crippen LogP contribution in [0.5, 0.6) is 17.2 Å². The number of likely N-dealkylation sites (tertiary alicyclic amines) is 2. The molecule has 3 rings (SSSR count). The van der Waals surface area contributed by atoms with Crippen LogP contribution in [0.3, 0.4) is 0 Å². The third-order valence-electron chi connectivity index (χ3n) is 6.04. The van der Waals surface area contributed by atoms with Gasteiger partial charge in [-0.3, -0.25) is 4.79 Å². The summed E-state index contributed by atoms with van der Waals surface area (Å²) in [5.74, 6) is 1.30. The number of benzene rings is 1. The van der Waals surface area contributed by atoms with E-state index in [0.717, 1.165) is 37.9 Å². The highest BCUT2D eigenvalue weighted by Crippen LogP contribution is 2.43. The monoisotopic (exact) mass is 419 g/mol. The van der Waals surface area contributed by atoms with Gasteiger partial charge >= 0.3 is 6.03 Å². The molecule has 0 bridgehead atoms. The molecular formula is C22H33N3O5. The van der Waals surface area contributed by atoms with E-state index in [2.05, 4.69) is 5.32 Å². The Bertz CT molecular complexity index is 738. The first-order valence-electron chi connectivity index (χ1n) is 10.7. The number of rotatable bonds is 6. The Morgan fingerprint density at radius 3 is 2.13 bits per heavy atom. The third-order valence-corrected chi connectivity index (χ3v) is 6.04. The SMILES string of the molecule is CCNC(=O)N1C[C@@H](C(=O)N2CCCCC2)[C@H](c2cc(OC)c(OC)c(OC)c2)C1. The van der Waals surface area contributed by atoms with Gasteiger partial charge in [-0.05, 0) is 43.9 Å². The Labute approximate surface area is 178 Å². The number of nitrogens with zero attached hydrogens (tertiary/aromatic N) is 2. The lowest BCUT2D eigenvalue weighted by atomic mass is 9.87. The van der Waals surface area contributed by atoms with Gasteiger partial charge in [0.05, 0.1) is 27.2 Å². The van der Waals surface area contributed by atoms with Crippen LogP contribution in [-0.4, -0.2) is 75.8 Å². The average molecular weight is 420 g/mol. The van der Waals surface area contributed by atoms with E-state index < -0.39 is 0 Å². The Balaban J connectivity index is 1.95. The molecule has 1 N–H and O–H groups in total. The molecule has 8 nitrogen and oxygen atoms in total. The molecule has 166 valence electrons. The van der Waals surface area contributed by atoms with Crippen LogP contribution in [0.2, 0.25) is 0 Å². The van der Waals surface area contributed by atoms with Gasteiger partial charge in [-0.25, -0.2) is 4.79 Å². The summed E-state index contributed by atoms with van der Waals surface area (Å²) in [7, 11) is 4.72. The third kappa shape index (κ3) is 4.42. The van der Waals surface area contributed by atoms with Crippen molar-refractivity contribution < 1.29 is 23.8 Å². The molecule has 0 unspecified atom stereocenters. The van der Waals surface area contributed by atoms with Crippen LogP contribution >= 0.6 is 0 Å². The minimum absolute atomic E-state index is 0.125. The van der Waals surface area contributed by atoms with Gasteiger partial charge in [-0.1, -0.05) is 0 Å². The van der Waals surface area contributed by atoms with Crippen molar-refractivity contribution in [2.75, 3.05) is 54.1 Å². The molecule has 2 aliphatic heterocycles. The van der Waals surface area contributed by atoms with E-state index in [4.69, 9.17) is 14.2 Å². The quantitative estimate of drug-likeness (QED) is 0.766. The normalized spacial score (nSPS) is 21.3. The molecule has 2 aliphatic rings. The Morgan fingerprint density at radius 2 is 1.60 bits per heavy atom. The maximum Gasteiger partial charge on any atom is 0.317 e. The number of hydrogen-bond acceptors (Lipinski definition) is 5. The van der Waals surface area contributed by atoms with Crippen molar-refractivity contribution in [1.29, 1.82) is 0 Å². The van der Waals surface area contributed by atoms with E-state index in [-0.39, 0.29) is 23.8 Å². The van der Waals surface area contributed by atoms with Gasteiger partial charge in [0, 0.05) is 38.6 Å². The van der Waals surface area contributed by atoms with Gasteiger partial charge in [0.1, 0.15) is 0 Å². The van der Waals surface area contributed by atoms with Gasteiger partial charge in [0.25, 0.3) is 0 Å². The largest absolute Gasteiger partial charge is 0.493 e. The lowest BCUT2D eigenvalue weighted by Crippen LogP contribution is -2.43. The molecule has 1 aromatic carbocycles. The zero-order valence-corrected chi connectivity index (χ0v) is 18.4. The Morgan fingerprint density at radius 1 is 0.967 bits per heavy atom. The molecule has 0 spiro atoms. The number of carbonyl (C=O) groups is 2. The van der Waals surface area contributed by atoms with E-state index in [1.165, 1.54) is 0 Å². The summed E-state index contributed by atoms with van der Waals surface area (Å²) in [6.07, 6.45) is 3.23. The topological polar surface area (TPSA) is 80.3 Å². The Kier molecular flexibility index (Phi) is 7.29. The van der Waals surface area contributed by atoms with Crippen molar-refractivity contribution in [3.05, 3.63) is 17.7 Å². The maximum absolute atomic E-state index is 13.4. The molecule has 30 heavy (non-hydrogen) atoms. The summed E-state index contributed by atoms with van der Waals surface area (Å²) in [4.78, 5) is 29.7. The van der Waals surface area contributed by atoms with Crippen molar-refractivity contribution in [3.8, 4) is 17.2 Å². The van der Waals surface area contributed by atoms with Gasteiger partial charge in [0.15, 0.2) is 11.5 Å². The number of piperidine rings is 1. The predicted octanol–water partition coefficient (Wildman–Crippen LogP) is 2.47. The lowest BCUT2D eigenvalue weighted by Gasteiger charge is -2.31. The van der Waals surface area contributed by atoms with E-state index >= 15 is 0 Å². The fraction of sp³-hybridized carbons (Fsp3) is 0.636. The number of nitrogens with one attached hydrogen (secondary N) is 1. The summed E-state index contributed by atoms with van der Waals surface area (Å²) in [6.45, 7) is 4.89. The lowest BCUT2D eigenvalue weighted by molar-refractivity contribution is -0.136. The van der Waals surface area contributed by atoms with Crippen molar-refractivity contribution in [2.45, 2.75) is 32.1 Å². The summed E-state index contributed by atoms with van der Waals surface area (Å²) in [6, 6.07) is 3.65. The number of methoxy groups -OCH3 is 3. The van der Waals surface area contributed by atoms with Crippen LogP contribution in [-0.2, 0) is 4.79 Å². The zero-order valence-electron chi connectivity index (χ0n) is 18.4. The summed E-state index contributed by atoms with van der Waals surface area (Å²) >= 11 is 0. The van der Waals surface area contributed by atoms with Crippen LogP contribution in [0.25, 0.3) is 0 Å². The molecule has 0 aromatic heterocycles. The van der Waals surface area contributed by atoms with Gasteiger partial charge in [0.2, 0.25) is 11.7 Å². The first-order valence-corrected chi connectivity index (χ1v) is 10.7. The minimum atomic E-state index is -0.298. The van der Waals surface area contributed by atoms with Crippen molar-refractivity contribution in [2.24, 2.45) is 5.92 Å². The molecule has 2 heterocycles. The highest BCUT2D eigenvalue weighted by molar-refractivity contribution is 5.83. The van der Waals surface area contributed by atoms with Crippen molar-refractivity contribution >= 4 is 11.9 Å². The molecule has 0 aliphatic carbocycles. The summed E-state index contributed by atoms with van der Waals surface area (Å²) < 4.78 is 16.5. The molecule has 2 fully saturated rings. The molecule has 2 saturated heterocycles. The highest BCUT2D eigenvalue weighted by Gasteiger charge is 2.42. The van der Waals surface area contributed by atoms with E-state index in [9.17, 15) is 9.59 Å². The summed E-state index contributed by atoms with van der Waals surface area (Å²) in [5, 5.41) is 2.85. The fourth-order valence-corrected chi connectivity index (χ4v) is 4.48. The molecule has 0 radical (unpaired) electrons. The zero-order chi connectivity index (χ0) is 21.7. The second-order valence-corrected chi connectivity index (χ2v) is 7.80. The van der Waals surface area contributed by atoms with Crippen LogP contribution in [0.15, 0.2) is 12.1 Å². The molecule has 8 heteroatoms. The summed E-state index contributed by atoms with van der Waals surface area (Å²) in [5.41, 5.74) is 0.909. The maximum atomic E-state index is 13.4. The second-order valence-electron chi connectivity index (χ2n) is 7.80. The van der Waals surface area contributed by atoms with Crippen LogP contribution < -0.4 is 19.5 Å². The number of ether oxygens (including phenoxy) is 3. The van der Waals surface area contributed by atoms with E-state index in [0.29, 0.717) is 36.9 Å². The van der Waals surface area contributed by atoms with Crippen LogP contribution in [0.4, 0.5) is 4.79 Å². The standard InChI is InChI=1S/C22H33N3O5/c1-5-23-22(27)25-13-16(17(14-25)21(26)24-9-7-6-8-10-24)15-11-18(28-2)20(30-4)19(12-15)29-3/h11-12,16-17H,5-10,13-14H2,1-4H3,(H,23,27)/t16-,17+/m0/s1. The molecule has 2 atom stereocenters. The smallest absolute Gasteiger partial charge is 0.317 e. The number of carbonyl (C=O) groups excluding carboxylic acids is 2. The fourth-order valence-electron chi connectivity index (χ4n) is 4.48. The van der Waals surface area contributed by atoms with Crippen molar-refractivity contribution in [1.82, 2.24) is 15.1 Å². The first-order chi connectivity index (χ1) is 14.5. The first kappa shape index (κ1) is 22.1. The average Bonchev–Trinajstić information content (AvgIpc) is 3.24. The Hall–Kier alpha value is -2.64. The van der Waals surface area contributed by atoms with Crippen LogP contribution in [0.1, 0.15) is 37.7 Å². The number of urea groups is 1. The molecular weight excluding hydrogens is 386 g/mol. The number of hydrogen-bond donors (Lipinski definition) is 1. The van der Waals surface area contributed by atoms with Gasteiger partial charge < -0.3 is 29.3 Å². The molecule has 0 saturated carbocycles. The van der Waals surface area contributed by atoms with Crippen molar-refractivity contribution in [3.63, 3.8) is 0 Å². The predicted molar refractivity (Wildman–Crippen MR) is 113 cm³/mol. The second kappa shape index (κ2) is 9.91. The van der Waals surface area contributed by atoms with E-state index in [1.807, 2.05) is 24.0 Å². The van der Waals surface area contributed by atoms with E-state index in [1.54, 1.807) is 26.2 Å². The molecule has 1 aromatic rings. The highest BCUT2D eigenvalue weighted by atomic mass is 16.5. The minimum Gasteiger partial charge on any atom is -0.493 e. The van der Waals surface area contributed by atoms with Crippen LogP contribution in [0, 0.1) is 5.92 Å². The number of amides is 3. The molecule has 3 amide bonds. The van der Waals surface area contributed by atoms with Gasteiger partial charge in [-0.2, -0.15) is 0 Å². The van der Waals surface area contributed by atoms with Gasteiger partial charge in [-0.15, -0.1) is 0 Å².